The molecule has 0 amide bonds. The first-order valence-electron chi connectivity index (χ1n) is 7.25. The zero-order valence-electron chi connectivity index (χ0n) is 12.4. The standard InChI is InChI=1S/C14H28N2O3/c1-4-19-14(17)13(15)7-8-16(9-10-18-3)11(2)12-5-6-12/h11-13H,4-10,15H2,1-3H3. The van der Waals surface area contributed by atoms with Crippen molar-refractivity contribution in [3.63, 3.8) is 0 Å². The lowest BCUT2D eigenvalue weighted by atomic mass is 10.1. The topological polar surface area (TPSA) is 64.8 Å². The van der Waals surface area contributed by atoms with Gasteiger partial charge >= 0.3 is 5.97 Å². The summed E-state index contributed by atoms with van der Waals surface area (Å²) in [4.78, 5) is 13.9. The molecule has 0 aromatic carbocycles. The highest BCUT2D eigenvalue weighted by molar-refractivity contribution is 5.75. The molecule has 0 heterocycles. The molecule has 5 nitrogen and oxygen atoms in total. The molecule has 0 bridgehead atoms. The summed E-state index contributed by atoms with van der Waals surface area (Å²) in [6.45, 7) is 6.86. The van der Waals surface area contributed by atoms with Crippen molar-refractivity contribution in [2.75, 3.05) is 33.4 Å². The van der Waals surface area contributed by atoms with E-state index in [0.717, 1.165) is 19.0 Å². The van der Waals surface area contributed by atoms with Gasteiger partial charge in [-0.3, -0.25) is 9.69 Å². The van der Waals surface area contributed by atoms with Crippen LogP contribution in [0, 0.1) is 5.92 Å². The Labute approximate surface area is 116 Å². The summed E-state index contributed by atoms with van der Waals surface area (Å²) >= 11 is 0. The van der Waals surface area contributed by atoms with E-state index in [2.05, 4.69) is 11.8 Å². The van der Waals surface area contributed by atoms with E-state index in [0.29, 0.717) is 25.7 Å². The van der Waals surface area contributed by atoms with Gasteiger partial charge in [-0.2, -0.15) is 0 Å². The number of nitrogens with zero attached hydrogens (tertiary/aromatic N) is 1. The molecule has 19 heavy (non-hydrogen) atoms. The van der Waals surface area contributed by atoms with Gasteiger partial charge in [0.05, 0.1) is 13.2 Å². The van der Waals surface area contributed by atoms with Crippen LogP contribution in [0.5, 0.6) is 0 Å². The van der Waals surface area contributed by atoms with Gasteiger partial charge in [-0.25, -0.2) is 0 Å². The van der Waals surface area contributed by atoms with Crippen molar-refractivity contribution >= 4 is 5.97 Å². The first-order valence-corrected chi connectivity index (χ1v) is 7.25. The highest BCUT2D eigenvalue weighted by atomic mass is 16.5. The van der Waals surface area contributed by atoms with Gasteiger partial charge in [0.1, 0.15) is 6.04 Å². The van der Waals surface area contributed by atoms with Crippen molar-refractivity contribution in [3.05, 3.63) is 0 Å². The van der Waals surface area contributed by atoms with Crippen molar-refractivity contribution in [2.24, 2.45) is 11.7 Å². The lowest BCUT2D eigenvalue weighted by molar-refractivity contribution is -0.144. The van der Waals surface area contributed by atoms with Crippen LogP contribution in [-0.2, 0) is 14.3 Å². The molecule has 1 rings (SSSR count). The molecule has 2 unspecified atom stereocenters. The zero-order chi connectivity index (χ0) is 14.3. The van der Waals surface area contributed by atoms with E-state index >= 15 is 0 Å². The zero-order valence-corrected chi connectivity index (χ0v) is 12.4. The molecule has 2 N–H and O–H groups in total. The van der Waals surface area contributed by atoms with E-state index in [9.17, 15) is 4.79 Å². The van der Waals surface area contributed by atoms with Gasteiger partial charge in [-0.1, -0.05) is 0 Å². The Morgan fingerprint density at radius 1 is 1.42 bits per heavy atom. The van der Waals surface area contributed by atoms with Crippen molar-refractivity contribution in [3.8, 4) is 0 Å². The third-order valence-electron chi connectivity index (χ3n) is 3.78. The number of hydrogen-bond donors (Lipinski definition) is 1. The quantitative estimate of drug-likeness (QED) is 0.601. The van der Waals surface area contributed by atoms with Crippen LogP contribution in [0.25, 0.3) is 0 Å². The fraction of sp³-hybridized carbons (Fsp3) is 0.929. The van der Waals surface area contributed by atoms with Crippen molar-refractivity contribution in [2.45, 2.75) is 45.2 Å². The lowest BCUT2D eigenvalue weighted by Crippen LogP contribution is -2.42. The van der Waals surface area contributed by atoms with Crippen LogP contribution in [0.2, 0.25) is 0 Å². The number of carbonyl (C=O) groups excluding carboxylic acids is 1. The average Bonchev–Trinajstić information content (AvgIpc) is 3.22. The second kappa shape index (κ2) is 8.51. The monoisotopic (exact) mass is 272 g/mol. The van der Waals surface area contributed by atoms with Gasteiger partial charge in [0.25, 0.3) is 0 Å². The number of esters is 1. The van der Waals surface area contributed by atoms with Crippen LogP contribution in [-0.4, -0.2) is 56.4 Å². The summed E-state index contributed by atoms with van der Waals surface area (Å²) in [6, 6.07) is 0.0287. The van der Waals surface area contributed by atoms with E-state index in [1.807, 2.05) is 0 Å². The van der Waals surface area contributed by atoms with E-state index in [-0.39, 0.29) is 5.97 Å². The first-order chi connectivity index (χ1) is 9.10. The van der Waals surface area contributed by atoms with Gasteiger partial charge in [-0.15, -0.1) is 0 Å². The highest BCUT2D eigenvalue weighted by Crippen LogP contribution is 2.35. The predicted molar refractivity (Wildman–Crippen MR) is 74.9 cm³/mol. The van der Waals surface area contributed by atoms with E-state index in [1.54, 1.807) is 14.0 Å². The van der Waals surface area contributed by atoms with Crippen molar-refractivity contribution in [1.29, 1.82) is 0 Å². The van der Waals surface area contributed by atoms with E-state index in [1.165, 1.54) is 12.8 Å². The number of hydrogen-bond acceptors (Lipinski definition) is 5. The van der Waals surface area contributed by atoms with Crippen LogP contribution in [0.3, 0.4) is 0 Å². The highest BCUT2D eigenvalue weighted by Gasteiger charge is 2.32. The minimum absolute atomic E-state index is 0.298. The molecule has 112 valence electrons. The van der Waals surface area contributed by atoms with Crippen LogP contribution < -0.4 is 5.73 Å². The average molecular weight is 272 g/mol. The molecule has 0 spiro atoms. The summed E-state index contributed by atoms with van der Waals surface area (Å²) in [5, 5.41) is 0. The van der Waals surface area contributed by atoms with Crippen LogP contribution in [0.4, 0.5) is 0 Å². The maximum absolute atomic E-state index is 11.5. The Morgan fingerprint density at radius 2 is 2.11 bits per heavy atom. The Morgan fingerprint density at radius 3 is 2.63 bits per heavy atom. The van der Waals surface area contributed by atoms with Gasteiger partial charge < -0.3 is 15.2 Å². The third-order valence-corrected chi connectivity index (χ3v) is 3.78. The molecule has 5 heteroatoms. The van der Waals surface area contributed by atoms with Crippen molar-refractivity contribution < 1.29 is 14.3 Å². The van der Waals surface area contributed by atoms with Crippen LogP contribution >= 0.6 is 0 Å². The SMILES string of the molecule is CCOC(=O)C(N)CCN(CCOC)C(C)C1CC1. The fourth-order valence-corrected chi connectivity index (χ4v) is 2.28. The second-order valence-electron chi connectivity index (χ2n) is 5.25. The Kier molecular flexibility index (Phi) is 7.34. The molecule has 1 aliphatic carbocycles. The van der Waals surface area contributed by atoms with Crippen molar-refractivity contribution in [1.82, 2.24) is 4.90 Å². The Balaban J connectivity index is 2.36. The van der Waals surface area contributed by atoms with Gasteiger partial charge in [-0.05, 0) is 39.0 Å². The number of ether oxygens (including phenoxy) is 2. The molecule has 0 aromatic rings. The minimum atomic E-state index is -0.517. The Hall–Kier alpha value is -0.650. The maximum atomic E-state index is 11.5. The maximum Gasteiger partial charge on any atom is 0.322 e. The summed E-state index contributed by atoms with van der Waals surface area (Å²) in [5.41, 5.74) is 5.84. The predicted octanol–water partition coefficient (Wildman–Crippen LogP) is 1.01. The van der Waals surface area contributed by atoms with Crippen LogP contribution in [0.1, 0.15) is 33.1 Å². The fourth-order valence-electron chi connectivity index (χ4n) is 2.28. The molecule has 0 saturated heterocycles. The third kappa shape index (κ3) is 5.89. The number of methoxy groups -OCH3 is 1. The molecule has 0 radical (unpaired) electrons. The summed E-state index contributed by atoms with van der Waals surface area (Å²) in [7, 11) is 1.71. The summed E-state index contributed by atoms with van der Waals surface area (Å²) in [5.74, 6) is 0.504. The largest absolute Gasteiger partial charge is 0.465 e. The lowest BCUT2D eigenvalue weighted by Gasteiger charge is -2.29. The Bertz CT molecular complexity index is 269. The molecule has 1 aliphatic rings. The number of nitrogens with two attached hydrogens (primary N) is 1. The van der Waals surface area contributed by atoms with E-state index < -0.39 is 6.04 Å². The summed E-state index contributed by atoms with van der Waals surface area (Å²) < 4.78 is 10.1. The molecular formula is C14H28N2O3. The molecule has 2 atom stereocenters. The second-order valence-corrected chi connectivity index (χ2v) is 5.25. The normalized spacial score (nSPS) is 18.4. The van der Waals surface area contributed by atoms with Crippen LogP contribution in [0.15, 0.2) is 0 Å². The van der Waals surface area contributed by atoms with E-state index in [4.69, 9.17) is 15.2 Å². The molecule has 0 aromatic heterocycles. The molecule has 1 saturated carbocycles. The van der Waals surface area contributed by atoms with Gasteiger partial charge in [0, 0.05) is 26.2 Å². The molecule has 1 fully saturated rings. The number of rotatable bonds is 10. The minimum Gasteiger partial charge on any atom is -0.465 e. The summed E-state index contributed by atoms with van der Waals surface area (Å²) in [6.07, 6.45) is 3.27. The molecular weight excluding hydrogens is 244 g/mol. The van der Waals surface area contributed by atoms with Gasteiger partial charge in [0.15, 0.2) is 0 Å². The number of carbonyl (C=O) groups is 1. The first kappa shape index (κ1) is 16.4. The smallest absolute Gasteiger partial charge is 0.322 e. The van der Waals surface area contributed by atoms with Gasteiger partial charge in [0.2, 0.25) is 0 Å². The molecule has 0 aliphatic heterocycles.